The van der Waals surface area contributed by atoms with Gasteiger partial charge < -0.3 is 9.94 Å². The molecule has 108 valence electrons. The molecule has 3 aromatic carbocycles. The van der Waals surface area contributed by atoms with Crippen LogP contribution in [0.5, 0.6) is 11.5 Å². The Morgan fingerprint density at radius 2 is 1.32 bits per heavy atom. The minimum absolute atomic E-state index is 0.479. The second-order valence-corrected chi connectivity index (χ2v) is 4.73. The topological polar surface area (TPSA) is 41.8 Å². The average Bonchev–Trinajstić information content (AvgIpc) is 2.59. The third kappa shape index (κ3) is 2.99. The van der Waals surface area contributed by atoms with Crippen molar-refractivity contribution in [2.24, 2.45) is 5.16 Å². The van der Waals surface area contributed by atoms with E-state index in [1.807, 2.05) is 84.9 Å². The van der Waals surface area contributed by atoms with Crippen LogP contribution in [0.25, 0.3) is 0 Å². The van der Waals surface area contributed by atoms with Crippen LogP contribution in [0.2, 0.25) is 0 Å². The van der Waals surface area contributed by atoms with Crippen molar-refractivity contribution in [3.63, 3.8) is 0 Å². The fraction of sp³-hybridized carbons (Fsp3) is 0. The summed E-state index contributed by atoms with van der Waals surface area (Å²) >= 11 is 0. The summed E-state index contributed by atoms with van der Waals surface area (Å²) in [5, 5.41) is 12.9. The normalized spacial score (nSPS) is 11.2. The van der Waals surface area contributed by atoms with Crippen LogP contribution in [0.1, 0.15) is 11.1 Å². The molecule has 0 saturated heterocycles. The monoisotopic (exact) mass is 289 g/mol. The zero-order valence-electron chi connectivity index (χ0n) is 11.9. The molecule has 22 heavy (non-hydrogen) atoms. The van der Waals surface area contributed by atoms with Gasteiger partial charge in [-0.1, -0.05) is 65.8 Å². The Balaban J connectivity index is 2.01. The summed E-state index contributed by atoms with van der Waals surface area (Å²) in [7, 11) is 0. The first-order chi connectivity index (χ1) is 10.9. The van der Waals surface area contributed by atoms with Gasteiger partial charge in [0.25, 0.3) is 0 Å². The lowest BCUT2D eigenvalue weighted by Gasteiger charge is -2.12. The van der Waals surface area contributed by atoms with Gasteiger partial charge in [0.2, 0.25) is 0 Å². The van der Waals surface area contributed by atoms with E-state index in [0.717, 1.165) is 16.9 Å². The summed E-state index contributed by atoms with van der Waals surface area (Å²) in [5.74, 6) is 1.38. The first kappa shape index (κ1) is 13.9. The summed E-state index contributed by atoms with van der Waals surface area (Å²) in [4.78, 5) is 0. The molecule has 0 unspecified atom stereocenters. The lowest BCUT2D eigenvalue weighted by atomic mass is 10.0. The van der Waals surface area contributed by atoms with Crippen LogP contribution in [-0.4, -0.2) is 10.9 Å². The zero-order chi connectivity index (χ0) is 15.2. The molecule has 0 amide bonds. The van der Waals surface area contributed by atoms with E-state index < -0.39 is 0 Å². The number of oxime groups is 1. The average molecular weight is 289 g/mol. The molecule has 0 aromatic heterocycles. The molecule has 3 nitrogen and oxygen atoms in total. The largest absolute Gasteiger partial charge is 0.457 e. The fourth-order valence-corrected chi connectivity index (χ4v) is 2.23. The van der Waals surface area contributed by atoms with Gasteiger partial charge in [-0.3, -0.25) is 0 Å². The van der Waals surface area contributed by atoms with Gasteiger partial charge in [-0.25, -0.2) is 0 Å². The van der Waals surface area contributed by atoms with Crippen LogP contribution in [0.4, 0.5) is 0 Å². The number of hydrogen-bond donors (Lipinski definition) is 1. The smallest absolute Gasteiger partial charge is 0.136 e. The Hall–Kier alpha value is -3.07. The maximum Gasteiger partial charge on any atom is 0.136 e. The minimum Gasteiger partial charge on any atom is -0.457 e. The van der Waals surface area contributed by atoms with E-state index in [2.05, 4.69) is 5.16 Å². The molecule has 0 aliphatic carbocycles. The molecule has 0 atom stereocenters. The maximum absolute atomic E-state index is 9.46. The second kappa shape index (κ2) is 6.59. The standard InChI is InChI=1S/C19H15NO2/c21-20-19(15-9-3-1-4-10-15)17-13-7-8-14-18(17)22-16-11-5-2-6-12-16/h1-14,21H/b20-19+. The molecule has 0 aliphatic heterocycles. The number of ether oxygens (including phenoxy) is 1. The van der Waals surface area contributed by atoms with Crippen molar-refractivity contribution in [1.82, 2.24) is 0 Å². The molecule has 0 heterocycles. The second-order valence-electron chi connectivity index (χ2n) is 4.73. The number of para-hydroxylation sites is 2. The van der Waals surface area contributed by atoms with Gasteiger partial charge in [-0.05, 0) is 24.3 Å². The van der Waals surface area contributed by atoms with Crippen LogP contribution in [0.15, 0.2) is 90.1 Å². The lowest BCUT2D eigenvalue weighted by molar-refractivity contribution is 0.319. The molecule has 0 spiro atoms. The maximum atomic E-state index is 9.46. The first-order valence-corrected chi connectivity index (χ1v) is 6.98. The molecule has 3 heteroatoms. The first-order valence-electron chi connectivity index (χ1n) is 6.98. The third-order valence-electron chi connectivity index (χ3n) is 3.26. The van der Waals surface area contributed by atoms with Gasteiger partial charge in [0.15, 0.2) is 0 Å². The lowest BCUT2D eigenvalue weighted by Crippen LogP contribution is -2.05. The van der Waals surface area contributed by atoms with E-state index in [1.165, 1.54) is 0 Å². The van der Waals surface area contributed by atoms with Crippen LogP contribution in [0.3, 0.4) is 0 Å². The Bertz CT molecular complexity index is 768. The number of nitrogens with zero attached hydrogens (tertiary/aromatic N) is 1. The van der Waals surface area contributed by atoms with Crippen LogP contribution in [0, 0.1) is 0 Å². The van der Waals surface area contributed by atoms with Crippen molar-refractivity contribution >= 4 is 5.71 Å². The molecule has 3 aromatic rings. The summed E-state index contributed by atoms with van der Waals surface area (Å²) in [6, 6.07) is 26.6. The molecule has 0 aliphatic rings. The van der Waals surface area contributed by atoms with Crippen LogP contribution in [-0.2, 0) is 0 Å². The number of rotatable bonds is 4. The third-order valence-corrected chi connectivity index (χ3v) is 3.26. The van der Waals surface area contributed by atoms with Gasteiger partial charge in [-0.2, -0.15) is 0 Å². The van der Waals surface area contributed by atoms with E-state index in [9.17, 15) is 5.21 Å². The van der Waals surface area contributed by atoms with Gasteiger partial charge in [0.1, 0.15) is 17.2 Å². The number of benzene rings is 3. The van der Waals surface area contributed by atoms with E-state index in [1.54, 1.807) is 0 Å². The van der Waals surface area contributed by atoms with Crippen molar-refractivity contribution in [3.05, 3.63) is 96.1 Å². The van der Waals surface area contributed by atoms with Crippen LogP contribution >= 0.6 is 0 Å². The summed E-state index contributed by atoms with van der Waals surface area (Å²) < 4.78 is 5.92. The highest BCUT2D eigenvalue weighted by Crippen LogP contribution is 2.27. The highest BCUT2D eigenvalue weighted by atomic mass is 16.5. The van der Waals surface area contributed by atoms with Crippen molar-refractivity contribution < 1.29 is 9.94 Å². The van der Waals surface area contributed by atoms with Gasteiger partial charge in [0, 0.05) is 11.1 Å². The predicted octanol–water partition coefficient (Wildman–Crippen LogP) is 4.71. The van der Waals surface area contributed by atoms with Gasteiger partial charge in [-0.15, -0.1) is 0 Å². The molecule has 0 fully saturated rings. The molecule has 3 rings (SSSR count). The molecule has 0 radical (unpaired) electrons. The highest BCUT2D eigenvalue weighted by molar-refractivity contribution is 6.14. The quantitative estimate of drug-likeness (QED) is 0.429. The van der Waals surface area contributed by atoms with Gasteiger partial charge >= 0.3 is 0 Å². The summed E-state index contributed by atoms with van der Waals surface area (Å²) in [6.07, 6.45) is 0. The Morgan fingerprint density at radius 3 is 2.00 bits per heavy atom. The molecular weight excluding hydrogens is 274 g/mol. The van der Waals surface area contributed by atoms with Crippen molar-refractivity contribution in [3.8, 4) is 11.5 Å². The predicted molar refractivity (Wildman–Crippen MR) is 86.8 cm³/mol. The highest BCUT2D eigenvalue weighted by Gasteiger charge is 2.13. The Kier molecular flexibility index (Phi) is 4.16. The zero-order valence-corrected chi connectivity index (χ0v) is 11.9. The Labute approximate surface area is 129 Å². The molecular formula is C19H15NO2. The van der Waals surface area contributed by atoms with E-state index in [-0.39, 0.29) is 0 Å². The fourth-order valence-electron chi connectivity index (χ4n) is 2.23. The van der Waals surface area contributed by atoms with Crippen molar-refractivity contribution in [2.45, 2.75) is 0 Å². The van der Waals surface area contributed by atoms with E-state index >= 15 is 0 Å². The molecule has 0 saturated carbocycles. The van der Waals surface area contributed by atoms with Crippen molar-refractivity contribution in [1.29, 1.82) is 0 Å². The van der Waals surface area contributed by atoms with E-state index in [4.69, 9.17) is 4.74 Å². The minimum atomic E-state index is 0.479. The van der Waals surface area contributed by atoms with Crippen molar-refractivity contribution in [2.75, 3.05) is 0 Å². The molecule has 0 bridgehead atoms. The SMILES string of the molecule is O/N=C(\c1ccccc1)c1ccccc1Oc1ccccc1. The van der Waals surface area contributed by atoms with Crippen LogP contribution < -0.4 is 4.74 Å². The Morgan fingerprint density at radius 1 is 0.727 bits per heavy atom. The number of hydrogen-bond acceptors (Lipinski definition) is 3. The molecule has 1 N–H and O–H groups in total. The van der Waals surface area contributed by atoms with Gasteiger partial charge in [0.05, 0.1) is 0 Å². The van der Waals surface area contributed by atoms with E-state index in [0.29, 0.717) is 11.5 Å². The summed E-state index contributed by atoms with van der Waals surface area (Å²) in [6.45, 7) is 0. The summed E-state index contributed by atoms with van der Waals surface area (Å²) in [5.41, 5.74) is 2.04.